The number of benzene rings is 1. The first kappa shape index (κ1) is 22.4. The summed E-state index contributed by atoms with van der Waals surface area (Å²) in [6.07, 6.45) is 5.89. The van der Waals surface area contributed by atoms with Gasteiger partial charge in [0.2, 0.25) is 5.43 Å². The Hall–Kier alpha value is -3.37. The molecule has 2 aromatic heterocycles. The SMILES string of the molecule is O=C(NC[C@H]1CCCO1)c1c(NC(=O)c2nn(-c3ccc(F)cc3)ccc2=O)sc2c1CCC2. The summed E-state index contributed by atoms with van der Waals surface area (Å²) in [7, 11) is 0. The highest BCUT2D eigenvalue weighted by atomic mass is 32.1. The van der Waals surface area contributed by atoms with Gasteiger partial charge in [-0.25, -0.2) is 9.07 Å². The van der Waals surface area contributed by atoms with Crippen LogP contribution in [0.4, 0.5) is 9.39 Å². The molecule has 0 spiro atoms. The average molecular weight is 483 g/mol. The fourth-order valence-electron chi connectivity index (χ4n) is 4.30. The van der Waals surface area contributed by atoms with Gasteiger partial charge in [0.15, 0.2) is 5.69 Å². The molecule has 0 radical (unpaired) electrons. The zero-order valence-electron chi connectivity index (χ0n) is 18.3. The number of carbonyl (C=O) groups is 2. The van der Waals surface area contributed by atoms with Crippen molar-refractivity contribution in [2.45, 2.75) is 38.2 Å². The number of aryl methyl sites for hydroxylation is 1. The number of hydrogen-bond acceptors (Lipinski definition) is 6. The van der Waals surface area contributed by atoms with Gasteiger partial charge >= 0.3 is 0 Å². The van der Waals surface area contributed by atoms with Crippen LogP contribution in [0.25, 0.3) is 5.69 Å². The minimum absolute atomic E-state index is 0.00660. The van der Waals surface area contributed by atoms with Gasteiger partial charge < -0.3 is 15.4 Å². The molecule has 1 aliphatic heterocycles. The number of carbonyl (C=O) groups excluding carboxylic acids is 2. The fourth-order valence-corrected chi connectivity index (χ4v) is 5.58. The molecule has 3 heterocycles. The summed E-state index contributed by atoms with van der Waals surface area (Å²) in [6, 6.07) is 6.76. The lowest BCUT2D eigenvalue weighted by Gasteiger charge is -2.13. The van der Waals surface area contributed by atoms with Gasteiger partial charge in [-0.05, 0) is 61.9 Å². The summed E-state index contributed by atoms with van der Waals surface area (Å²) >= 11 is 1.36. The number of rotatable bonds is 6. The monoisotopic (exact) mass is 482 g/mol. The van der Waals surface area contributed by atoms with Crippen LogP contribution < -0.4 is 16.1 Å². The topological polar surface area (TPSA) is 102 Å². The van der Waals surface area contributed by atoms with Crippen LogP contribution in [0, 0.1) is 5.82 Å². The summed E-state index contributed by atoms with van der Waals surface area (Å²) in [5.74, 6) is -1.36. The molecule has 1 saturated heterocycles. The molecule has 2 N–H and O–H groups in total. The Morgan fingerprint density at radius 1 is 1.15 bits per heavy atom. The fraction of sp³-hybridized carbons (Fsp3) is 0.333. The largest absolute Gasteiger partial charge is 0.376 e. The summed E-state index contributed by atoms with van der Waals surface area (Å²) in [6.45, 7) is 1.12. The summed E-state index contributed by atoms with van der Waals surface area (Å²) in [5, 5.41) is 10.2. The van der Waals surface area contributed by atoms with E-state index in [1.54, 1.807) is 0 Å². The molecule has 1 fully saturated rings. The lowest BCUT2D eigenvalue weighted by molar-refractivity contribution is 0.0858. The van der Waals surface area contributed by atoms with E-state index in [9.17, 15) is 18.8 Å². The number of nitrogens with zero attached hydrogens (tertiary/aromatic N) is 2. The second-order valence-corrected chi connectivity index (χ2v) is 9.42. The highest BCUT2D eigenvalue weighted by Gasteiger charge is 2.29. The molecule has 1 aromatic carbocycles. The van der Waals surface area contributed by atoms with Gasteiger partial charge in [-0.15, -0.1) is 11.3 Å². The standard InChI is InChI=1S/C24H23FN4O4S/c25-14-6-8-15(9-7-14)29-11-10-18(30)21(28-29)23(32)27-24-20(17-4-1-5-19(17)34-24)22(31)26-13-16-3-2-12-33-16/h6-11,16H,1-5,12-13H2,(H,26,31)(H,27,32)/t16-/m1/s1. The predicted molar refractivity (Wildman–Crippen MR) is 125 cm³/mol. The van der Waals surface area contributed by atoms with Crippen molar-refractivity contribution in [2.75, 3.05) is 18.5 Å². The van der Waals surface area contributed by atoms with Crippen molar-refractivity contribution >= 4 is 28.2 Å². The van der Waals surface area contributed by atoms with Crippen molar-refractivity contribution < 1.29 is 18.7 Å². The van der Waals surface area contributed by atoms with Gasteiger partial charge in [-0.1, -0.05) is 0 Å². The van der Waals surface area contributed by atoms with Gasteiger partial charge in [0.05, 0.1) is 17.4 Å². The number of halogens is 1. The Labute approximate surface area is 198 Å². The van der Waals surface area contributed by atoms with Crippen molar-refractivity contribution in [3.63, 3.8) is 0 Å². The molecule has 2 amide bonds. The van der Waals surface area contributed by atoms with Crippen LogP contribution in [0.5, 0.6) is 0 Å². The van der Waals surface area contributed by atoms with E-state index in [0.717, 1.165) is 42.5 Å². The minimum Gasteiger partial charge on any atom is -0.376 e. The first-order valence-corrected chi connectivity index (χ1v) is 12.0. The van der Waals surface area contributed by atoms with E-state index in [4.69, 9.17) is 4.74 Å². The van der Waals surface area contributed by atoms with E-state index < -0.39 is 17.2 Å². The van der Waals surface area contributed by atoms with Crippen molar-refractivity contribution in [2.24, 2.45) is 0 Å². The van der Waals surface area contributed by atoms with E-state index in [1.165, 1.54) is 52.5 Å². The molecule has 0 unspecified atom stereocenters. The Morgan fingerprint density at radius 3 is 2.74 bits per heavy atom. The number of amides is 2. The number of fused-ring (bicyclic) bond motifs is 1. The molecule has 2 aliphatic rings. The summed E-state index contributed by atoms with van der Waals surface area (Å²) in [4.78, 5) is 39.6. The zero-order chi connectivity index (χ0) is 23.7. The molecule has 34 heavy (non-hydrogen) atoms. The van der Waals surface area contributed by atoms with Gasteiger partial charge in [0, 0.05) is 30.3 Å². The summed E-state index contributed by atoms with van der Waals surface area (Å²) in [5.41, 5.74) is 1.05. The van der Waals surface area contributed by atoms with Crippen LogP contribution in [0.3, 0.4) is 0 Å². The molecule has 1 atom stereocenters. The predicted octanol–water partition coefficient (Wildman–Crippen LogP) is 3.08. The number of thiophene rings is 1. The van der Waals surface area contributed by atoms with Crippen molar-refractivity contribution in [3.05, 3.63) is 74.3 Å². The highest BCUT2D eigenvalue weighted by molar-refractivity contribution is 7.17. The maximum absolute atomic E-state index is 13.2. The van der Waals surface area contributed by atoms with Crippen molar-refractivity contribution in [1.29, 1.82) is 0 Å². The van der Waals surface area contributed by atoms with Crippen LogP contribution in [-0.4, -0.2) is 40.9 Å². The molecular formula is C24H23FN4O4S. The maximum Gasteiger partial charge on any atom is 0.280 e. The molecule has 1 aliphatic carbocycles. The third-order valence-corrected chi connectivity index (χ3v) is 7.21. The maximum atomic E-state index is 13.2. The molecule has 10 heteroatoms. The highest BCUT2D eigenvalue weighted by Crippen LogP contribution is 2.39. The van der Waals surface area contributed by atoms with Crippen LogP contribution in [0.2, 0.25) is 0 Å². The van der Waals surface area contributed by atoms with Gasteiger partial charge in [0.25, 0.3) is 11.8 Å². The third-order valence-electron chi connectivity index (χ3n) is 6.00. The number of aromatic nitrogens is 2. The zero-order valence-corrected chi connectivity index (χ0v) is 19.1. The Balaban J connectivity index is 1.39. The molecule has 3 aromatic rings. The second-order valence-electron chi connectivity index (χ2n) is 8.31. The van der Waals surface area contributed by atoms with Gasteiger partial charge in [-0.2, -0.15) is 5.10 Å². The molecule has 176 valence electrons. The summed E-state index contributed by atoms with van der Waals surface area (Å²) < 4.78 is 20.2. The smallest absolute Gasteiger partial charge is 0.280 e. The van der Waals surface area contributed by atoms with Crippen molar-refractivity contribution in [1.82, 2.24) is 15.1 Å². The lowest BCUT2D eigenvalue weighted by atomic mass is 10.1. The Bertz CT molecular complexity index is 1300. The first-order chi connectivity index (χ1) is 16.5. The van der Waals surface area contributed by atoms with Crippen LogP contribution in [-0.2, 0) is 17.6 Å². The Morgan fingerprint density at radius 2 is 1.97 bits per heavy atom. The second kappa shape index (κ2) is 9.47. The molecule has 8 nitrogen and oxygen atoms in total. The molecule has 0 saturated carbocycles. The van der Waals surface area contributed by atoms with Crippen LogP contribution in [0.15, 0.2) is 41.3 Å². The number of ether oxygens (including phenoxy) is 1. The van der Waals surface area contributed by atoms with E-state index in [-0.39, 0.29) is 17.7 Å². The van der Waals surface area contributed by atoms with Crippen molar-refractivity contribution in [3.8, 4) is 5.69 Å². The molecule has 0 bridgehead atoms. The molecular weight excluding hydrogens is 459 g/mol. The average Bonchev–Trinajstić information content (AvgIpc) is 3.56. The van der Waals surface area contributed by atoms with Crippen LogP contribution in [0.1, 0.15) is 50.5 Å². The van der Waals surface area contributed by atoms with E-state index >= 15 is 0 Å². The van der Waals surface area contributed by atoms with Gasteiger partial charge in [-0.3, -0.25) is 14.4 Å². The number of hydrogen-bond donors (Lipinski definition) is 2. The number of anilines is 1. The minimum atomic E-state index is -0.699. The van der Waals surface area contributed by atoms with Gasteiger partial charge in [0.1, 0.15) is 10.8 Å². The lowest BCUT2D eigenvalue weighted by Crippen LogP contribution is -2.33. The molecule has 5 rings (SSSR count). The normalized spacial score (nSPS) is 16.9. The van der Waals surface area contributed by atoms with Crippen LogP contribution >= 0.6 is 11.3 Å². The quantitative estimate of drug-likeness (QED) is 0.562. The Kier molecular flexibility index (Phi) is 6.25. The van der Waals surface area contributed by atoms with E-state index in [2.05, 4.69) is 15.7 Å². The third kappa shape index (κ3) is 4.51. The van der Waals surface area contributed by atoms with E-state index in [0.29, 0.717) is 29.4 Å². The number of nitrogens with one attached hydrogen (secondary N) is 2. The first-order valence-electron chi connectivity index (χ1n) is 11.2. The van der Waals surface area contributed by atoms with E-state index in [1.807, 2.05) is 0 Å².